The van der Waals surface area contributed by atoms with Gasteiger partial charge in [0.25, 0.3) is 0 Å². The minimum Gasteiger partial charge on any atom is -0.397 e. The monoisotopic (exact) mass is 126 g/mol. The van der Waals surface area contributed by atoms with E-state index < -0.39 is 0 Å². The zero-order chi connectivity index (χ0) is 6.69. The lowest BCUT2D eigenvalue weighted by Gasteiger charge is -1.92. The van der Waals surface area contributed by atoms with Crippen molar-refractivity contribution in [3.05, 3.63) is 0 Å². The minimum absolute atomic E-state index is 0.0477. The maximum Gasteiger partial charge on any atom is 0.247 e. The number of aliphatic hydroxyl groups is 1. The molecule has 4 heteroatoms. The number of hydrogen-bond donors (Lipinski definition) is 2. The van der Waals surface area contributed by atoms with E-state index in [0.717, 1.165) is 0 Å². The molecule has 1 rings (SSSR count). The van der Waals surface area contributed by atoms with Gasteiger partial charge in [0, 0.05) is 6.61 Å². The Labute approximate surface area is 51.9 Å². The SMILES string of the molecule is O=C1[NH+]=[C-]N=C1CCO. The van der Waals surface area contributed by atoms with Gasteiger partial charge in [-0.2, -0.15) is 4.99 Å². The Morgan fingerprint density at radius 1 is 1.78 bits per heavy atom. The summed E-state index contributed by atoms with van der Waals surface area (Å²) in [6.45, 7) is -0.0477. The summed E-state index contributed by atoms with van der Waals surface area (Å²) in [4.78, 5) is 16.4. The van der Waals surface area contributed by atoms with Crippen LogP contribution in [-0.4, -0.2) is 29.7 Å². The molecule has 1 aliphatic heterocycles. The normalized spacial score (nSPS) is 16.6. The fourth-order valence-corrected chi connectivity index (χ4v) is 0.544. The molecule has 0 aromatic rings. The first-order valence-corrected chi connectivity index (χ1v) is 2.57. The van der Waals surface area contributed by atoms with Crippen molar-refractivity contribution < 1.29 is 14.9 Å². The third-order valence-corrected chi connectivity index (χ3v) is 0.971. The first kappa shape index (κ1) is 6.10. The van der Waals surface area contributed by atoms with Gasteiger partial charge in [-0.1, -0.05) is 0 Å². The molecule has 1 heterocycles. The van der Waals surface area contributed by atoms with E-state index in [-0.39, 0.29) is 12.5 Å². The Balaban J connectivity index is 2.54. The first-order chi connectivity index (χ1) is 4.34. The fourth-order valence-electron chi connectivity index (χ4n) is 0.544. The average molecular weight is 126 g/mol. The molecule has 0 aliphatic carbocycles. The summed E-state index contributed by atoms with van der Waals surface area (Å²) in [6.07, 6.45) is 2.59. The van der Waals surface area contributed by atoms with E-state index in [1.807, 2.05) is 0 Å². The number of rotatable bonds is 2. The van der Waals surface area contributed by atoms with Crippen LogP contribution in [0, 0.1) is 0 Å². The number of aliphatic hydroxyl groups excluding tert-OH is 1. The Morgan fingerprint density at radius 3 is 3.00 bits per heavy atom. The van der Waals surface area contributed by atoms with Gasteiger partial charge in [-0.3, -0.25) is 0 Å². The molecule has 4 nitrogen and oxygen atoms in total. The number of carbonyl (C=O) groups excluding carboxylic acids is 1. The first-order valence-electron chi connectivity index (χ1n) is 2.57. The Kier molecular flexibility index (Phi) is 1.69. The molecule has 0 spiro atoms. The van der Waals surface area contributed by atoms with Crippen molar-refractivity contribution in [2.45, 2.75) is 6.42 Å². The molecular weight excluding hydrogens is 120 g/mol. The summed E-state index contributed by atoms with van der Waals surface area (Å²) in [7, 11) is 0. The summed E-state index contributed by atoms with van der Waals surface area (Å²) in [5.41, 5.74) is 0.345. The van der Waals surface area contributed by atoms with Gasteiger partial charge in [0.05, 0.1) is 5.71 Å². The lowest BCUT2D eigenvalue weighted by Crippen LogP contribution is -2.73. The van der Waals surface area contributed by atoms with Gasteiger partial charge in [0.1, 0.15) is 0 Å². The van der Waals surface area contributed by atoms with E-state index in [4.69, 9.17) is 5.11 Å². The highest BCUT2D eigenvalue weighted by Gasteiger charge is 2.08. The van der Waals surface area contributed by atoms with Gasteiger partial charge < -0.3 is 14.9 Å². The highest BCUT2D eigenvalue weighted by molar-refractivity contribution is 6.37. The molecule has 0 fully saturated rings. The number of hydrogen-bond acceptors (Lipinski definition) is 3. The van der Waals surface area contributed by atoms with Gasteiger partial charge in [0.2, 0.25) is 12.2 Å². The highest BCUT2D eigenvalue weighted by atomic mass is 16.3. The molecule has 0 radical (unpaired) electrons. The molecule has 2 N–H and O–H groups in total. The van der Waals surface area contributed by atoms with Gasteiger partial charge in [-0.25, -0.2) is 0 Å². The lowest BCUT2D eigenvalue weighted by molar-refractivity contribution is -0.360. The van der Waals surface area contributed by atoms with E-state index in [1.54, 1.807) is 0 Å². The van der Waals surface area contributed by atoms with Crippen LogP contribution in [0.5, 0.6) is 0 Å². The van der Waals surface area contributed by atoms with Crippen molar-refractivity contribution in [2.24, 2.45) is 4.99 Å². The molecule has 0 aromatic heterocycles. The molecule has 0 saturated heterocycles. The quantitative estimate of drug-likeness (QED) is 0.396. The highest BCUT2D eigenvalue weighted by Crippen LogP contribution is 1.83. The lowest BCUT2D eigenvalue weighted by atomic mass is 10.3. The predicted molar refractivity (Wildman–Crippen MR) is 30.1 cm³/mol. The van der Waals surface area contributed by atoms with E-state index in [1.165, 1.54) is 0 Å². The largest absolute Gasteiger partial charge is 0.397 e. The maximum absolute atomic E-state index is 10.5. The Bertz CT molecular complexity index is 183. The second kappa shape index (κ2) is 2.50. The molecule has 9 heavy (non-hydrogen) atoms. The molecular formula is C5H6N2O2. The molecule has 0 atom stereocenters. The number of amides is 1. The summed E-state index contributed by atoms with van der Waals surface area (Å²) in [6, 6.07) is 0. The van der Waals surface area contributed by atoms with Crippen LogP contribution in [-0.2, 0) is 4.79 Å². The van der Waals surface area contributed by atoms with Crippen LogP contribution in [0.4, 0.5) is 0 Å². The fraction of sp³-hybridized carbons (Fsp3) is 0.400. The maximum atomic E-state index is 10.5. The van der Waals surface area contributed by atoms with Crippen molar-refractivity contribution in [2.75, 3.05) is 6.61 Å². The predicted octanol–water partition coefficient (Wildman–Crippen LogP) is -2.66. The molecule has 0 saturated carbocycles. The van der Waals surface area contributed by atoms with Crippen molar-refractivity contribution >= 4 is 18.0 Å². The van der Waals surface area contributed by atoms with Gasteiger partial charge in [0.15, 0.2) is 0 Å². The molecule has 48 valence electrons. The van der Waals surface area contributed by atoms with Crippen molar-refractivity contribution in [1.29, 1.82) is 0 Å². The Morgan fingerprint density at radius 2 is 2.56 bits per heavy atom. The van der Waals surface area contributed by atoms with Crippen LogP contribution in [0.1, 0.15) is 6.42 Å². The second-order valence-corrected chi connectivity index (χ2v) is 1.60. The molecule has 0 bridgehead atoms. The summed E-state index contributed by atoms with van der Waals surface area (Å²) in [5, 5.41) is 8.36. The number of carbonyl (C=O) groups is 1. The molecule has 0 unspecified atom stereocenters. The van der Waals surface area contributed by atoms with Crippen LogP contribution < -0.4 is 4.99 Å². The van der Waals surface area contributed by atoms with Gasteiger partial charge >= 0.3 is 0 Å². The van der Waals surface area contributed by atoms with Crippen LogP contribution >= 0.6 is 0 Å². The average Bonchev–Trinajstić information content (AvgIpc) is 2.18. The topological polar surface area (TPSA) is 63.6 Å². The third-order valence-electron chi connectivity index (χ3n) is 0.971. The van der Waals surface area contributed by atoms with Crippen molar-refractivity contribution in [3.63, 3.8) is 0 Å². The minimum atomic E-state index is -0.260. The van der Waals surface area contributed by atoms with E-state index in [2.05, 4.69) is 16.3 Å². The van der Waals surface area contributed by atoms with Crippen LogP contribution in [0.25, 0.3) is 0 Å². The summed E-state index contributed by atoms with van der Waals surface area (Å²) < 4.78 is 0. The van der Waals surface area contributed by atoms with Gasteiger partial charge in [-0.15, -0.1) is 0 Å². The zero-order valence-corrected chi connectivity index (χ0v) is 4.72. The number of nitrogens with zero attached hydrogens (tertiary/aromatic N) is 1. The summed E-state index contributed by atoms with van der Waals surface area (Å²) >= 11 is 0. The van der Waals surface area contributed by atoms with Crippen LogP contribution in [0.3, 0.4) is 0 Å². The Hall–Kier alpha value is -1.03. The third kappa shape index (κ3) is 1.20. The van der Waals surface area contributed by atoms with E-state index >= 15 is 0 Å². The zero-order valence-electron chi connectivity index (χ0n) is 4.72. The van der Waals surface area contributed by atoms with Crippen molar-refractivity contribution in [1.82, 2.24) is 0 Å². The smallest absolute Gasteiger partial charge is 0.247 e. The summed E-state index contributed by atoms with van der Waals surface area (Å²) in [5.74, 6) is -0.260. The van der Waals surface area contributed by atoms with Crippen molar-refractivity contribution in [3.8, 4) is 0 Å². The number of aliphatic imine (C=N–C) groups is 1. The molecule has 1 aliphatic rings. The standard InChI is InChI=1S/C5H6N2O2/c8-2-1-4-5(9)7-3-6-4/h7-8H,1-2H2. The van der Waals surface area contributed by atoms with Crippen LogP contribution in [0.15, 0.2) is 4.99 Å². The van der Waals surface area contributed by atoms with Gasteiger partial charge in [-0.05, 0) is 6.42 Å². The molecule has 0 aromatic carbocycles. The molecule has 1 amide bonds. The van der Waals surface area contributed by atoms with E-state index in [9.17, 15) is 4.79 Å². The second-order valence-electron chi connectivity index (χ2n) is 1.60. The van der Waals surface area contributed by atoms with E-state index in [0.29, 0.717) is 12.1 Å². The number of nitrogens with one attached hydrogen (secondary N) is 1. The van der Waals surface area contributed by atoms with Crippen LogP contribution in [0.2, 0.25) is 0 Å².